The molecule has 2 aliphatic rings. The van der Waals surface area contributed by atoms with E-state index in [1.165, 1.54) is 17.3 Å². The van der Waals surface area contributed by atoms with Crippen molar-refractivity contribution in [1.29, 1.82) is 0 Å². The van der Waals surface area contributed by atoms with Crippen LogP contribution in [0.4, 0.5) is 0 Å². The Morgan fingerprint density at radius 2 is 2.00 bits per heavy atom. The van der Waals surface area contributed by atoms with Crippen LogP contribution in [0.5, 0.6) is 0 Å². The molecule has 0 aromatic rings. The lowest BCUT2D eigenvalue weighted by molar-refractivity contribution is -0.156. The largest absolute Gasteiger partial charge is 0.376 e. The molecule has 0 aliphatic carbocycles. The molecule has 2 saturated heterocycles. The molecular formula is C14H26O2S2. The fourth-order valence-corrected chi connectivity index (χ4v) is 5.52. The Bertz CT molecular complexity index is 242. The van der Waals surface area contributed by atoms with Crippen molar-refractivity contribution in [2.24, 2.45) is 11.8 Å². The molecule has 4 unspecified atom stereocenters. The predicted octanol–water partition coefficient (Wildman–Crippen LogP) is 3.30. The molecule has 0 N–H and O–H groups in total. The standard InChI is InChI=1S/C14H26O2S2/c1-10(2)13-8-15-7-12(16-13)6-11(3)14-9-17-4-5-18-14/h10-14H,4-9H2,1-3H3. The van der Waals surface area contributed by atoms with Crippen molar-refractivity contribution >= 4 is 23.5 Å². The molecule has 4 heteroatoms. The maximum Gasteiger partial charge on any atom is 0.0836 e. The minimum absolute atomic E-state index is 0.296. The van der Waals surface area contributed by atoms with Crippen molar-refractivity contribution in [2.75, 3.05) is 30.5 Å². The normalized spacial score (nSPS) is 35.7. The zero-order valence-electron chi connectivity index (χ0n) is 11.8. The van der Waals surface area contributed by atoms with Gasteiger partial charge in [-0.3, -0.25) is 0 Å². The van der Waals surface area contributed by atoms with E-state index in [9.17, 15) is 0 Å². The van der Waals surface area contributed by atoms with Gasteiger partial charge >= 0.3 is 0 Å². The quantitative estimate of drug-likeness (QED) is 0.790. The van der Waals surface area contributed by atoms with Crippen LogP contribution in [0, 0.1) is 11.8 Å². The third kappa shape index (κ3) is 4.32. The van der Waals surface area contributed by atoms with Crippen molar-refractivity contribution in [3.8, 4) is 0 Å². The van der Waals surface area contributed by atoms with Gasteiger partial charge < -0.3 is 9.47 Å². The van der Waals surface area contributed by atoms with Gasteiger partial charge in [-0.1, -0.05) is 20.8 Å². The van der Waals surface area contributed by atoms with Crippen LogP contribution in [0.3, 0.4) is 0 Å². The van der Waals surface area contributed by atoms with Crippen molar-refractivity contribution < 1.29 is 9.47 Å². The minimum atomic E-state index is 0.296. The SMILES string of the molecule is CC(C)C1COCC(CC(C)C2CSCCS2)O1. The molecule has 0 radical (unpaired) electrons. The fraction of sp³-hybridized carbons (Fsp3) is 1.00. The second-order valence-corrected chi connectivity index (χ2v) is 8.27. The highest BCUT2D eigenvalue weighted by Crippen LogP contribution is 2.32. The van der Waals surface area contributed by atoms with Crippen LogP contribution in [0.2, 0.25) is 0 Å². The summed E-state index contributed by atoms with van der Waals surface area (Å²) in [6.07, 6.45) is 1.76. The summed E-state index contributed by atoms with van der Waals surface area (Å²) in [5.74, 6) is 5.25. The summed E-state index contributed by atoms with van der Waals surface area (Å²) >= 11 is 4.26. The molecular weight excluding hydrogens is 264 g/mol. The van der Waals surface area contributed by atoms with E-state index in [1.807, 2.05) is 0 Å². The lowest BCUT2D eigenvalue weighted by Gasteiger charge is -2.35. The van der Waals surface area contributed by atoms with Gasteiger partial charge in [0.2, 0.25) is 0 Å². The topological polar surface area (TPSA) is 18.5 Å². The average Bonchev–Trinajstić information content (AvgIpc) is 2.40. The van der Waals surface area contributed by atoms with Crippen LogP contribution in [-0.2, 0) is 9.47 Å². The molecule has 0 saturated carbocycles. The Morgan fingerprint density at radius 1 is 1.17 bits per heavy atom. The first kappa shape index (κ1) is 15.0. The average molecular weight is 290 g/mol. The van der Waals surface area contributed by atoms with Crippen LogP contribution in [0.25, 0.3) is 0 Å². The summed E-state index contributed by atoms with van der Waals surface area (Å²) in [6.45, 7) is 8.38. The first-order chi connectivity index (χ1) is 8.66. The van der Waals surface area contributed by atoms with E-state index in [0.29, 0.717) is 18.1 Å². The van der Waals surface area contributed by atoms with Gasteiger partial charge in [-0.25, -0.2) is 0 Å². The Labute approximate surface area is 120 Å². The number of hydrogen-bond donors (Lipinski definition) is 0. The van der Waals surface area contributed by atoms with Gasteiger partial charge in [0.15, 0.2) is 0 Å². The Balaban J connectivity index is 1.77. The zero-order valence-corrected chi connectivity index (χ0v) is 13.4. The highest BCUT2D eigenvalue weighted by molar-refractivity contribution is 8.06. The number of ether oxygens (including phenoxy) is 2. The lowest BCUT2D eigenvalue weighted by Crippen LogP contribution is -2.40. The Hall–Kier alpha value is 0.620. The zero-order chi connectivity index (χ0) is 13.0. The summed E-state index contributed by atoms with van der Waals surface area (Å²) in [7, 11) is 0. The molecule has 18 heavy (non-hydrogen) atoms. The van der Waals surface area contributed by atoms with Gasteiger partial charge in [0.05, 0.1) is 25.4 Å². The van der Waals surface area contributed by atoms with E-state index in [-0.39, 0.29) is 0 Å². The first-order valence-electron chi connectivity index (χ1n) is 7.09. The van der Waals surface area contributed by atoms with E-state index >= 15 is 0 Å². The van der Waals surface area contributed by atoms with E-state index in [4.69, 9.17) is 9.47 Å². The summed E-state index contributed by atoms with van der Waals surface area (Å²) in [5.41, 5.74) is 0. The van der Waals surface area contributed by atoms with Gasteiger partial charge in [0, 0.05) is 22.5 Å². The highest BCUT2D eigenvalue weighted by atomic mass is 32.2. The molecule has 0 spiro atoms. The Kier molecular flexibility index (Phi) is 6.19. The summed E-state index contributed by atoms with van der Waals surface area (Å²) < 4.78 is 11.9. The second kappa shape index (κ2) is 7.41. The van der Waals surface area contributed by atoms with Crippen LogP contribution < -0.4 is 0 Å². The van der Waals surface area contributed by atoms with Crippen molar-refractivity contribution in [2.45, 2.75) is 44.6 Å². The van der Waals surface area contributed by atoms with Crippen LogP contribution in [0.1, 0.15) is 27.2 Å². The van der Waals surface area contributed by atoms with Gasteiger partial charge in [-0.15, -0.1) is 0 Å². The van der Waals surface area contributed by atoms with Crippen molar-refractivity contribution in [3.05, 3.63) is 0 Å². The molecule has 0 bridgehead atoms. The third-order valence-corrected chi connectivity index (χ3v) is 6.86. The summed E-state index contributed by atoms with van der Waals surface area (Å²) in [5, 5.41) is 0.812. The summed E-state index contributed by atoms with van der Waals surface area (Å²) in [6, 6.07) is 0. The molecule has 2 nitrogen and oxygen atoms in total. The third-order valence-electron chi connectivity index (χ3n) is 3.81. The fourth-order valence-electron chi connectivity index (χ4n) is 2.52. The monoisotopic (exact) mass is 290 g/mol. The van der Waals surface area contributed by atoms with Gasteiger partial charge in [0.1, 0.15) is 0 Å². The predicted molar refractivity (Wildman–Crippen MR) is 81.7 cm³/mol. The number of rotatable bonds is 4. The van der Waals surface area contributed by atoms with E-state index in [0.717, 1.165) is 30.8 Å². The highest BCUT2D eigenvalue weighted by Gasteiger charge is 2.29. The van der Waals surface area contributed by atoms with Gasteiger partial charge in [-0.05, 0) is 18.3 Å². The van der Waals surface area contributed by atoms with Crippen molar-refractivity contribution in [3.63, 3.8) is 0 Å². The molecule has 2 rings (SSSR count). The molecule has 2 aliphatic heterocycles. The maximum atomic E-state index is 6.17. The Morgan fingerprint density at radius 3 is 2.67 bits per heavy atom. The minimum Gasteiger partial charge on any atom is -0.376 e. The van der Waals surface area contributed by atoms with E-state index in [2.05, 4.69) is 44.3 Å². The molecule has 2 fully saturated rings. The smallest absolute Gasteiger partial charge is 0.0836 e. The maximum absolute atomic E-state index is 6.17. The molecule has 0 aromatic carbocycles. The number of thioether (sulfide) groups is 2. The lowest BCUT2D eigenvalue weighted by atomic mass is 9.99. The molecule has 106 valence electrons. The van der Waals surface area contributed by atoms with Gasteiger partial charge in [0.25, 0.3) is 0 Å². The molecule has 2 heterocycles. The molecule has 0 aromatic heterocycles. The van der Waals surface area contributed by atoms with Crippen LogP contribution in [-0.4, -0.2) is 47.9 Å². The van der Waals surface area contributed by atoms with Crippen LogP contribution >= 0.6 is 23.5 Å². The molecule has 0 amide bonds. The van der Waals surface area contributed by atoms with E-state index in [1.54, 1.807) is 0 Å². The van der Waals surface area contributed by atoms with Gasteiger partial charge in [-0.2, -0.15) is 23.5 Å². The van der Waals surface area contributed by atoms with Crippen LogP contribution in [0.15, 0.2) is 0 Å². The first-order valence-corrected chi connectivity index (χ1v) is 9.29. The van der Waals surface area contributed by atoms with E-state index < -0.39 is 0 Å². The number of hydrogen-bond acceptors (Lipinski definition) is 4. The van der Waals surface area contributed by atoms with Crippen molar-refractivity contribution in [1.82, 2.24) is 0 Å². The second-order valence-electron chi connectivity index (χ2n) is 5.78. The summed E-state index contributed by atoms with van der Waals surface area (Å²) in [4.78, 5) is 0. The molecule has 4 atom stereocenters.